The van der Waals surface area contributed by atoms with E-state index in [1.54, 1.807) is 30.5 Å². The monoisotopic (exact) mass is 282 g/mol. The van der Waals surface area contributed by atoms with E-state index in [0.717, 1.165) is 29.7 Å². The Labute approximate surface area is 124 Å². The summed E-state index contributed by atoms with van der Waals surface area (Å²) in [6.07, 6.45) is 5.82. The molecule has 0 bridgehead atoms. The molecule has 3 heteroatoms. The van der Waals surface area contributed by atoms with Crippen molar-refractivity contribution in [1.29, 1.82) is 0 Å². The van der Waals surface area contributed by atoms with E-state index >= 15 is 0 Å². The summed E-state index contributed by atoms with van der Waals surface area (Å²) in [4.78, 5) is 10.8. The van der Waals surface area contributed by atoms with Crippen LogP contribution in [0.3, 0.4) is 0 Å². The summed E-state index contributed by atoms with van der Waals surface area (Å²) >= 11 is 0. The molecule has 0 amide bonds. The number of carboxylic acids is 1. The summed E-state index contributed by atoms with van der Waals surface area (Å²) in [5.41, 5.74) is 2.30. The maximum absolute atomic E-state index is 10.8. The molecule has 108 valence electrons. The Bertz CT molecular complexity index is 610. The normalized spacial score (nSPS) is 10.7. The molecule has 2 aromatic carbocycles. The lowest BCUT2D eigenvalue weighted by atomic mass is 10.0. The van der Waals surface area contributed by atoms with Gasteiger partial charge in [-0.1, -0.05) is 37.6 Å². The van der Waals surface area contributed by atoms with Crippen LogP contribution in [0, 0.1) is 0 Å². The molecular weight excluding hydrogens is 264 g/mol. The Balaban J connectivity index is 2.06. The first-order valence-corrected chi connectivity index (χ1v) is 6.96. The van der Waals surface area contributed by atoms with Crippen LogP contribution in [0.5, 0.6) is 5.75 Å². The van der Waals surface area contributed by atoms with Crippen LogP contribution >= 0.6 is 0 Å². The van der Waals surface area contributed by atoms with Gasteiger partial charge in [0.05, 0.1) is 11.8 Å². The molecule has 0 aliphatic carbocycles. The molecule has 21 heavy (non-hydrogen) atoms. The second-order valence-electron chi connectivity index (χ2n) is 4.69. The molecule has 0 spiro atoms. The highest BCUT2D eigenvalue weighted by atomic mass is 16.5. The molecule has 2 aromatic rings. The fourth-order valence-corrected chi connectivity index (χ4v) is 1.89. The van der Waals surface area contributed by atoms with Crippen molar-refractivity contribution in [2.45, 2.75) is 19.8 Å². The maximum atomic E-state index is 10.8. The van der Waals surface area contributed by atoms with Crippen molar-refractivity contribution in [3.05, 3.63) is 66.4 Å². The van der Waals surface area contributed by atoms with Gasteiger partial charge in [0.1, 0.15) is 5.75 Å². The van der Waals surface area contributed by atoms with E-state index in [4.69, 9.17) is 9.84 Å². The molecular formula is C18H18O3. The third-order valence-corrected chi connectivity index (χ3v) is 3.08. The Morgan fingerprint density at radius 3 is 2.14 bits per heavy atom. The lowest BCUT2D eigenvalue weighted by Crippen LogP contribution is -1.94. The largest absolute Gasteiger partial charge is 0.478 e. The van der Waals surface area contributed by atoms with Crippen LogP contribution in [0.2, 0.25) is 0 Å². The Hall–Kier alpha value is -2.55. The second-order valence-corrected chi connectivity index (χ2v) is 4.69. The standard InChI is InChI=1S/C18H18O3/c1-2-3-4-13-21-17-11-9-15(10-12-17)14-5-7-16(8-6-14)18(19)20/h4-13H,2-3H2,1H3,(H,19,20). The molecule has 0 aliphatic heterocycles. The number of ether oxygens (including phenoxy) is 1. The molecule has 0 aliphatic rings. The van der Waals surface area contributed by atoms with Crippen molar-refractivity contribution in [2.24, 2.45) is 0 Å². The number of aromatic carboxylic acids is 1. The zero-order valence-corrected chi connectivity index (χ0v) is 12.0. The van der Waals surface area contributed by atoms with Gasteiger partial charge in [0.2, 0.25) is 0 Å². The average Bonchev–Trinajstić information content (AvgIpc) is 2.52. The van der Waals surface area contributed by atoms with Gasteiger partial charge in [0.25, 0.3) is 0 Å². The minimum atomic E-state index is -0.913. The molecule has 1 N–H and O–H groups in total. The van der Waals surface area contributed by atoms with Crippen LogP contribution in [0.15, 0.2) is 60.9 Å². The summed E-state index contributed by atoms with van der Waals surface area (Å²) in [6.45, 7) is 2.12. The smallest absolute Gasteiger partial charge is 0.335 e. The van der Waals surface area contributed by atoms with Gasteiger partial charge in [-0.2, -0.15) is 0 Å². The van der Waals surface area contributed by atoms with Crippen LogP contribution in [0.1, 0.15) is 30.1 Å². The fraction of sp³-hybridized carbons (Fsp3) is 0.167. The third kappa shape index (κ3) is 4.21. The van der Waals surface area contributed by atoms with Crippen LogP contribution < -0.4 is 4.74 Å². The van der Waals surface area contributed by atoms with E-state index in [0.29, 0.717) is 5.56 Å². The molecule has 0 fully saturated rings. The Morgan fingerprint density at radius 1 is 1.05 bits per heavy atom. The number of rotatable bonds is 6. The summed E-state index contributed by atoms with van der Waals surface area (Å²) in [5.74, 6) is -0.127. The number of carbonyl (C=O) groups is 1. The summed E-state index contributed by atoms with van der Waals surface area (Å²) in [5, 5.41) is 8.88. The molecule has 2 rings (SSSR count). The Kier molecular flexibility index (Phi) is 5.16. The molecule has 0 saturated carbocycles. The van der Waals surface area contributed by atoms with Gasteiger partial charge in [0, 0.05) is 0 Å². The SMILES string of the molecule is CCCC=COc1ccc(-c2ccc(C(=O)O)cc2)cc1. The topological polar surface area (TPSA) is 46.5 Å². The number of unbranched alkanes of at least 4 members (excludes halogenated alkanes) is 1. The van der Waals surface area contributed by atoms with E-state index < -0.39 is 5.97 Å². The number of hydrogen-bond acceptors (Lipinski definition) is 2. The lowest BCUT2D eigenvalue weighted by Gasteiger charge is -2.04. The van der Waals surface area contributed by atoms with Gasteiger partial charge in [0.15, 0.2) is 0 Å². The van der Waals surface area contributed by atoms with Crippen molar-refractivity contribution in [1.82, 2.24) is 0 Å². The van der Waals surface area contributed by atoms with Gasteiger partial charge >= 0.3 is 5.97 Å². The molecule has 0 unspecified atom stereocenters. The number of allylic oxidation sites excluding steroid dienone is 1. The van der Waals surface area contributed by atoms with Crippen molar-refractivity contribution in [3.63, 3.8) is 0 Å². The van der Waals surface area contributed by atoms with Crippen LogP contribution in [0.25, 0.3) is 11.1 Å². The highest BCUT2D eigenvalue weighted by molar-refractivity contribution is 5.88. The van der Waals surface area contributed by atoms with Gasteiger partial charge < -0.3 is 9.84 Å². The highest BCUT2D eigenvalue weighted by Crippen LogP contribution is 2.23. The number of hydrogen-bond donors (Lipinski definition) is 1. The van der Waals surface area contributed by atoms with E-state index in [9.17, 15) is 4.79 Å². The molecule has 3 nitrogen and oxygen atoms in total. The molecule has 0 aromatic heterocycles. The summed E-state index contributed by atoms with van der Waals surface area (Å²) in [6, 6.07) is 14.5. The molecule has 0 heterocycles. The van der Waals surface area contributed by atoms with Crippen molar-refractivity contribution < 1.29 is 14.6 Å². The predicted octanol–water partition coefficient (Wildman–Crippen LogP) is 4.74. The zero-order valence-electron chi connectivity index (χ0n) is 12.0. The van der Waals surface area contributed by atoms with Gasteiger partial charge in [-0.3, -0.25) is 0 Å². The first kappa shape index (κ1) is 14.9. The van der Waals surface area contributed by atoms with Crippen LogP contribution in [-0.2, 0) is 0 Å². The first-order valence-electron chi connectivity index (χ1n) is 6.96. The van der Waals surface area contributed by atoms with Crippen LogP contribution in [-0.4, -0.2) is 11.1 Å². The fourth-order valence-electron chi connectivity index (χ4n) is 1.89. The minimum Gasteiger partial charge on any atom is -0.478 e. The highest BCUT2D eigenvalue weighted by Gasteiger charge is 2.03. The number of benzene rings is 2. The summed E-state index contributed by atoms with van der Waals surface area (Å²) in [7, 11) is 0. The predicted molar refractivity (Wildman–Crippen MR) is 83.5 cm³/mol. The lowest BCUT2D eigenvalue weighted by molar-refractivity contribution is 0.0697. The van der Waals surface area contributed by atoms with Crippen LogP contribution in [0.4, 0.5) is 0 Å². The first-order chi connectivity index (χ1) is 10.2. The van der Waals surface area contributed by atoms with E-state index in [1.165, 1.54) is 0 Å². The number of carboxylic acid groups (broad SMARTS) is 1. The zero-order chi connectivity index (χ0) is 15.1. The van der Waals surface area contributed by atoms with E-state index in [-0.39, 0.29) is 0 Å². The van der Waals surface area contributed by atoms with E-state index in [1.807, 2.05) is 30.3 Å². The second kappa shape index (κ2) is 7.29. The van der Waals surface area contributed by atoms with Crippen molar-refractivity contribution in [2.75, 3.05) is 0 Å². The van der Waals surface area contributed by atoms with Gasteiger partial charge in [-0.15, -0.1) is 0 Å². The molecule has 0 saturated heterocycles. The average molecular weight is 282 g/mol. The maximum Gasteiger partial charge on any atom is 0.335 e. The Morgan fingerprint density at radius 2 is 1.62 bits per heavy atom. The van der Waals surface area contributed by atoms with Gasteiger partial charge in [-0.25, -0.2) is 4.79 Å². The summed E-state index contributed by atoms with van der Waals surface area (Å²) < 4.78 is 5.49. The quantitative estimate of drug-likeness (QED) is 0.778. The minimum absolute atomic E-state index is 0.291. The van der Waals surface area contributed by atoms with Crippen molar-refractivity contribution >= 4 is 5.97 Å². The third-order valence-electron chi connectivity index (χ3n) is 3.08. The van der Waals surface area contributed by atoms with Crippen molar-refractivity contribution in [3.8, 4) is 16.9 Å². The molecule has 0 radical (unpaired) electrons. The molecule has 0 atom stereocenters. The van der Waals surface area contributed by atoms with Gasteiger partial charge in [-0.05, 0) is 47.9 Å². The van der Waals surface area contributed by atoms with E-state index in [2.05, 4.69) is 6.92 Å².